The molecule has 1 rings (SSSR count). The molecule has 0 N–H and O–H groups in total. The van der Waals surface area contributed by atoms with E-state index in [0.717, 1.165) is 18.6 Å². The van der Waals surface area contributed by atoms with Crippen molar-refractivity contribution in [3.05, 3.63) is 11.8 Å². The largest absolute Gasteiger partial charge is 0.488 e. The molecule has 2 nitrogen and oxygen atoms in total. The molecule has 2 heteroatoms. The summed E-state index contributed by atoms with van der Waals surface area (Å²) in [5, 5.41) is 0. The highest BCUT2D eigenvalue weighted by Gasteiger charge is 2.20. The molecule has 1 aliphatic rings. The van der Waals surface area contributed by atoms with Crippen molar-refractivity contribution >= 4 is 5.78 Å². The lowest BCUT2D eigenvalue weighted by atomic mass is 10.1. The number of Topliss-reactive ketones (excluding diaryl/α,β-unsaturated/α-hetero) is 1. The summed E-state index contributed by atoms with van der Waals surface area (Å²) in [5.74, 6) is 1.11. The average Bonchev–Trinajstić information content (AvgIpc) is 2.03. The highest BCUT2D eigenvalue weighted by atomic mass is 16.5. The van der Waals surface area contributed by atoms with Crippen molar-refractivity contribution in [2.45, 2.75) is 39.2 Å². The molecule has 0 saturated carbocycles. The number of hydrogen-bond donors (Lipinski definition) is 0. The lowest BCUT2D eigenvalue weighted by molar-refractivity contribution is -0.128. The average molecular weight is 154 g/mol. The third-order valence-corrected chi connectivity index (χ3v) is 1.90. The van der Waals surface area contributed by atoms with E-state index in [1.54, 1.807) is 0 Å². The van der Waals surface area contributed by atoms with Crippen LogP contribution in [-0.4, -0.2) is 11.9 Å². The summed E-state index contributed by atoms with van der Waals surface area (Å²) in [6, 6.07) is 0. The maximum absolute atomic E-state index is 11.2. The lowest BCUT2D eigenvalue weighted by Gasteiger charge is -2.21. The van der Waals surface area contributed by atoms with E-state index >= 15 is 0 Å². The Hall–Kier alpha value is -0.790. The Morgan fingerprint density at radius 1 is 1.82 bits per heavy atom. The fourth-order valence-corrected chi connectivity index (χ4v) is 1.22. The van der Waals surface area contributed by atoms with Gasteiger partial charge in [-0.1, -0.05) is 6.92 Å². The van der Waals surface area contributed by atoms with Gasteiger partial charge in [-0.2, -0.15) is 0 Å². The maximum Gasteiger partial charge on any atom is 0.173 e. The van der Waals surface area contributed by atoms with Gasteiger partial charge < -0.3 is 4.74 Å². The third-order valence-electron chi connectivity index (χ3n) is 1.90. The van der Waals surface area contributed by atoms with E-state index in [9.17, 15) is 4.79 Å². The molecule has 11 heavy (non-hydrogen) atoms. The molecule has 0 saturated heterocycles. The predicted molar refractivity (Wildman–Crippen MR) is 43.2 cm³/mol. The van der Waals surface area contributed by atoms with E-state index < -0.39 is 0 Å². The van der Waals surface area contributed by atoms with Crippen LogP contribution in [0.3, 0.4) is 0 Å². The Morgan fingerprint density at radius 3 is 3.09 bits per heavy atom. The maximum atomic E-state index is 11.2. The van der Waals surface area contributed by atoms with Crippen LogP contribution >= 0.6 is 0 Å². The van der Waals surface area contributed by atoms with Crippen molar-refractivity contribution in [3.8, 4) is 0 Å². The van der Waals surface area contributed by atoms with Crippen LogP contribution in [0.1, 0.15) is 33.1 Å². The smallest absolute Gasteiger partial charge is 0.173 e. The summed E-state index contributed by atoms with van der Waals surface area (Å²) in [6.45, 7) is 3.77. The van der Waals surface area contributed by atoms with E-state index in [0.29, 0.717) is 6.42 Å². The van der Waals surface area contributed by atoms with Crippen LogP contribution < -0.4 is 0 Å². The van der Waals surface area contributed by atoms with Crippen molar-refractivity contribution in [3.63, 3.8) is 0 Å². The molecule has 1 atom stereocenters. The van der Waals surface area contributed by atoms with Gasteiger partial charge in [0.25, 0.3) is 0 Å². The first-order valence-corrected chi connectivity index (χ1v) is 4.10. The number of allylic oxidation sites excluding steroid dienone is 2. The summed E-state index contributed by atoms with van der Waals surface area (Å²) >= 11 is 0. The summed E-state index contributed by atoms with van der Waals surface area (Å²) < 4.78 is 5.35. The molecule has 1 heterocycles. The van der Waals surface area contributed by atoms with Crippen LogP contribution in [0.4, 0.5) is 0 Å². The molecule has 0 amide bonds. The molecule has 0 bridgehead atoms. The fraction of sp³-hybridized carbons (Fsp3) is 0.667. The summed E-state index contributed by atoms with van der Waals surface area (Å²) in [6.07, 6.45) is 4.27. The Labute approximate surface area is 67.2 Å². The molecule has 0 fully saturated rings. The van der Waals surface area contributed by atoms with Crippen LogP contribution in [0.2, 0.25) is 0 Å². The zero-order chi connectivity index (χ0) is 8.27. The molecule has 0 radical (unpaired) electrons. The van der Waals surface area contributed by atoms with Crippen molar-refractivity contribution < 1.29 is 9.53 Å². The first-order chi connectivity index (χ1) is 5.24. The molecule has 0 unspecified atom stereocenters. The van der Waals surface area contributed by atoms with Crippen LogP contribution in [-0.2, 0) is 9.53 Å². The van der Waals surface area contributed by atoms with Gasteiger partial charge in [-0.15, -0.1) is 0 Å². The molecule has 0 aromatic rings. The minimum Gasteiger partial charge on any atom is -0.488 e. The SMILES string of the molecule is CCC(=O)[C@@H]1CCC=C(C)O1. The predicted octanol–water partition coefficient (Wildman–Crippen LogP) is 2.05. The molecule has 0 aromatic heterocycles. The Kier molecular flexibility index (Phi) is 2.69. The molecule has 0 aromatic carbocycles. The third kappa shape index (κ3) is 2.07. The first-order valence-electron chi connectivity index (χ1n) is 4.10. The number of carbonyl (C=O) groups is 1. The quantitative estimate of drug-likeness (QED) is 0.608. The van der Waals surface area contributed by atoms with Gasteiger partial charge >= 0.3 is 0 Å². The van der Waals surface area contributed by atoms with Gasteiger partial charge in [0.05, 0.1) is 5.76 Å². The van der Waals surface area contributed by atoms with Gasteiger partial charge in [-0.05, 0) is 25.8 Å². The monoisotopic (exact) mass is 154 g/mol. The van der Waals surface area contributed by atoms with E-state index in [4.69, 9.17) is 4.74 Å². The van der Waals surface area contributed by atoms with Gasteiger partial charge in [-0.25, -0.2) is 0 Å². The van der Waals surface area contributed by atoms with Crippen LogP contribution in [0.15, 0.2) is 11.8 Å². The zero-order valence-electron chi connectivity index (χ0n) is 7.09. The molecular weight excluding hydrogens is 140 g/mol. The number of ether oxygens (including phenoxy) is 1. The van der Waals surface area contributed by atoms with Crippen molar-refractivity contribution in [1.29, 1.82) is 0 Å². The Balaban J connectivity index is 2.50. The highest BCUT2D eigenvalue weighted by Crippen LogP contribution is 2.17. The second-order valence-corrected chi connectivity index (χ2v) is 2.82. The van der Waals surface area contributed by atoms with Crippen molar-refractivity contribution in [2.75, 3.05) is 0 Å². The number of rotatable bonds is 2. The molecule has 1 aliphatic heterocycles. The van der Waals surface area contributed by atoms with Gasteiger partial charge in [0, 0.05) is 6.42 Å². The standard InChI is InChI=1S/C9H14O2/c1-3-8(10)9-6-4-5-7(2)11-9/h5,9H,3-4,6H2,1-2H3/t9-/m0/s1. The summed E-state index contributed by atoms with van der Waals surface area (Å²) in [4.78, 5) is 11.2. The van der Waals surface area contributed by atoms with Gasteiger partial charge in [0.15, 0.2) is 11.9 Å². The van der Waals surface area contributed by atoms with Crippen LogP contribution in [0.25, 0.3) is 0 Å². The second-order valence-electron chi connectivity index (χ2n) is 2.82. The normalized spacial score (nSPS) is 23.8. The second kappa shape index (κ2) is 3.56. The lowest BCUT2D eigenvalue weighted by Crippen LogP contribution is -2.24. The number of hydrogen-bond acceptors (Lipinski definition) is 2. The fourth-order valence-electron chi connectivity index (χ4n) is 1.22. The van der Waals surface area contributed by atoms with E-state index in [1.807, 2.05) is 19.9 Å². The number of carbonyl (C=O) groups excluding carboxylic acids is 1. The van der Waals surface area contributed by atoms with Crippen LogP contribution in [0, 0.1) is 0 Å². The first kappa shape index (κ1) is 8.31. The van der Waals surface area contributed by atoms with Gasteiger partial charge in [0.2, 0.25) is 0 Å². The Morgan fingerprint density at radius 2 is 2.55 bits per heavy atom. The zero-order valence-corrected chi connectivity index (χ0v) is 7.09. The molecule has 62 valence electrons. The minimum atomic E-state index is -0.162. The van der Waals surface area contributed by atoms with E-state index in [1.165, 1.54) is 0 Å². The number of ketones is 1. The summed E-state index contributed by atoms with van der Waals surface area (Å²) in [5.41, 5.74) is 0. The highest BCUT2D eigenvalue weighted by molar-refractivity contribution is 5.82. The minimum absolute atomic E-state index is 0.162. The molecular formula is C9H14O2. The van der Waals surface area contributed by atoms with E-state index in [-0.39, 0.29) is 11.9 Å². The topological polar surface area (TPSA) is 26.3 Å². The van der Waals surface area contributed by atoms with Crippen molar-refractivity contribution in [2.24, 2.45) is 0 Å². The van der Waals surface area contributed by atoms with Gasteiger partial charge in [0.1, 0.15) is 0 Å². The van der Waals surface area contributed by atoms with Crippen molar-refractivity contribution in [1.82, 2.24) is 0 Å². The van der Waals surface area contributed by atoms with Gasteiger partial charge in [-0.3, -0.25) is 4.79 Å². The molecule has 0 spiro atoms. The Bertz CT molecular complexity index is 182. The molecule has 0 aliphatic carbocycles. The summed E-state index contributed by atoms with van der Waals surface area (Å²) in [7, 11) is 0. The van der Waals surface area contributed by atoms with Crippen LogP contribution in [0.5, 0.6) is 0 Å². The van der Waals surface area contributed by atoms with E-state index in [2.05, 4.69) is 0 Å².